The molecule has 0 amide bonds. The van der Waals surface area contributed by atoms with Crippen LogP contribution in [-0.4, -0.2) is 84.9 Å². The highest BCUT2D eigenvalue weighted by Crippen LogP contribution is 2.17. The molecule has 0 aliphatic carbocycles. The molecular weight excluding hydrogens is 296 g/mol. The fraction of sp³-hybridized carbons (Fsp3) is 0.800. The van der Waals surface area contributed by atoms with E-state index in [0.717, 1.165) is 51.9 Å². The summed E-state index contributed by atoms with van der Waals surface area (Å²) in [7, 11) is 1.83. The van der Waals surface area contributed by atoms with E-state index in [1.165, 1.54) is 6.42 Å². The molecule has 0 radical (unpaired) electrons. The third-order valence-corrected chi connectivity index (χ3v) is 4.43. The van der Waals surface area contributed by atoms with Gasteiger partial charge in [0, 0.05) is 52.2 Å². The van der Waals surface area contributed by atoms with E-state index in [-0.39, 0.29) is 0 Å². The van der Waals surface area contributed by atoms with Gasteiger partial charge in [-0.2, -0.15) is 4.98 Å². The second-order valence-corrected chi connectivity index (χ2v) is 6.00. The Morgan fingerprint density at radius 3 is 2.87 bits per heavy atom. The summed E-state index contributed by atoms with van der Waals surface area (Å²) in [6, 6.07) is 0.607. The molecule has 1 N–H and O–H groups in total. The molecule has 1 aromatic rings. The molecule has 128 valence electrons. The lowest BCUT2D eigenvalue weighted by molar-refractivity contribution is 0.0195. The Labute approximate surface area is 136 Å². The summed E-state index contributed by atoms with van der Waals surface area (Å²) in [5.74, 6) is 2.30. The maximum absolute atomic E-state index is 5.44. The van der Waals surface area contributed by atoms with Gasteiger partial charge in [0.15, 0.2) is 11.8 Å². The average molecular weight is 322 g/mol. The van der Waals surface area contributed by atoms with Gasteiger partial charge < -0.3 is 19.5 Å². The molecule has 1 unspecified atom stereocenters. The lowest BCUT2D eigenvalue weighted by Gasteiger charge is -2.32. The average Bonchev–Trinajstić information content (AvgIpc) is 3.22. The quantitative estimate of drug-likeness (QED) is 0.613. The highest BCUT2D eigenvalue weighted by molar-refractivity contribution is 5.80. The van der Waals surface area contributed by atoms with E-state index >= 15 is 0 Å². The molecule has 3 rings (SSSR count). The van der Waals surface area contributed by atoms with Gasteiger partial charge in [0.1, 0.15) is 0 Å². The normalized spacial score (nSPS) is 23.5. The lowest BCUT2D eigenvalue weighted by Crippen LogP contribution is -2.46. The molecule has 2 fully saturated rings. The largest absolute Gasteiger partial charge is 0.379 e. The fourth-order valence-electron chi connectivity index (χ4n) is 3.23. The SMILES string of the molecule is CN=C(NCCc1nc(C)no1)N1CCC(N2CCOCC2)C1. The zero-order valence-corrected chi connectivity index (χ0v) is 14.0. The van der Waals surface area contributed by atoms with Gasteiger partial charge in [-0.3, -0.25) is 9.89 Å². The van der Waals surface area contributed by atoms with E-state index in [2.05, 4.69) is 30.2 Å². The van der Waals surface area contributed by atoms with Crippen molar-refractivity contribution in [2.75, 3.05) is 53.0 Å². The Balaban J connectivity index is 1.45. The molecule has 1 atom stereocenters. The maximum atomic E-state index is 5.44. The van der Waals surface area contributed by atoms with Crippen LogP contribution < -0.4 is 5.32 Å². The van der Waals surface area contributed by atoms with Crippen molar-refractivity contribution < 1.29 is 9.26 Å². The smallest absolute Gasteiger partial charge is 0.228 e. The number of morpholine rings is 1. The third-order valence-electron chi connectivity index (χ3n) is 4.43. The second kappa shape index (κ2) is 7.74. The predicted molar refractivity (Wildman–Crippen MR) is 86.5 cm³/mol. The first kappa shape index (κ1) is 16.2. The maximum Gasteiger partial charge on any atom is 0.228 e. The molecule has 2 saturated heterocycles. The van der Waals surface area contributed by atoms with E-state index in [1.807, 2.05) is 14.0 Å². The Morgan fingerprint density at radius 1 is 1.35 bits per heavy atom. The van der Waals surface area contributed by atoms with Crippen LogP contribution >= 0.6 is 0 Å². The van der Waals surface area contributed by atoms with E-state index in [9.17, 15) is 0 Å². The van der Waals surface area contributed by atoms with Crippen LogP contribution in [0.5, 0.6) is 0 Å². The zero-order valence-electron chi connectivity index (χ0n) is 14.0. The highest BCUT2D eigenvalue weighted by atomic mass is 16.5. The van der Waals surface area contributed by atoms with Gasteiger partial charge >= 0.3 is 0 Å². The van der Waals surface area contributed by atoms with Gasteiger partial charge in [0.2, 0.25) is 5.89 Å². The topological polar surface area (TPSA) is 79.0 Å². The van der Waals surface area contributed by atoms with Crippen molar-refractivity contribution >= 4 is 5.96 Å². The molecule has 8 heteroatoms. The van der Waals surface area contributed by atoms with Crippen LogP contribution in [0.4, 0.5) is 0 Å². The molecule has 0 spiro atoms. The van der Waals surface area contributed by atoms with Crippen molar-refractivity contribution in [1.82, 2.24) is 25.3 Å². The summed E-state index contributed by atoms with van der Waals surface area (Å²) < 4.78 is 10.6. The third kappa shape index (κ3) is 4.20. The standard InChI is InChI=1S/C15H26N6O2/c1-12-18-14(23-19-12)3-5-17-15(16-2)21-6-4-13(11-21)20-7-9-22-10-8-20/h13H,3-11H2,1-2H3,(H,16,17). The molecule has 1 aromatic heterocycles. The molecule has 23 heavy (non-hydrogen) atoms. The van der Waals surface area contributed by atoms with Crippen molar-refractivity contribution in [2.45, 2.75) is 25.8 Å². The minimum absolute atomic E-state index is 0.607. The summed E-state index contributed by atoms with van der Waals surface area (Å²) in [6.07, 6.45) is 1.89. The number of guanidine groups is 1. The molecule has 0 saturated carbocycles. The van der Waals surface area contributed by atoms with Gasteiger partial charge in [-0.1, -0.05) is 5.16 Å². The van der Waals surface area contributed by atoms with Crippen LogP contribution in [0.2, 0.25) is 0 Å². The lowest BCUT2D eigenvalue weighted by atomic mass is 10.2. The second-order valence-electron chi connectivity index (χ2n) is 6.00. The monoisotopic (exact) mass is 322 g/mol. The van der Waals surface area contributed by atoms with Crippen molar-refractivity contribution in [2.24, 2.45) is 4.99 Å². The molecule has 8 nitrogen and oxygen atoms in total. The van der Waals surface area contributed by atoms with Crippen LogP contribution in [0, 0.1) is 6.92 Å². The van der Waals surface area contributed by atoms with E-state index in [4.69, 9.17) is 9.26 Å². The Kier molecular flexibility index (Phi) is 5.45. The summed E-state index contributed by atoms with van der Waals surface area (Å²) in [5.41, 5.74) is 0. The number of aromatic nitrogens is 2. The number of aryl methyl sites for hydroxylation is 1. The van der Waals surface area contributed by atoms with Crippen LogP contribution in [0.3, 0.4) is 0 Å². The molecule has 2 aliphatic heterocycles. The van der Waals surface area contributed by atoms with E-state index in [1.54, 1.807) is 0 Å². The van der Waals surface area contributed by atoms with Crippen molar-refractivity contribution in [3.05, 3.63) is 11.7 Å². The van der Waals surface area contributed by atoms with Crippen molar-refractivity contribution in [3.8, 4) is 0 Å². The Bertz CT molecular complexity index is 526. The van der Waals surface area contributed by atoms with Crippen molar-refractivity contribution in [3.63, 3.8) is 0 Å². The molecule has 0 bridgehead atoms. The Morgan fingerprint density at radius 2 is 2.17 bits per heavy atom. The number of aliphatic imine (C=N–C) groups is 1. The number of nitrogens with one attached hydrogen (secondary N) is 1. The fourth-order valence-corrected chi connectivity index (χ4v) is 3.23. The number of nitrogens with zero attached hydrogens (tertiary/aromatic N) is 5. The number of rotatable bonds is 4. The number of likely N-dealkylation sites (tertiary alicyclic amines) is 1. The summed E-state index contributed by atoms with van der Waals surface area (Å²) in [5, 5.41) is 7.20. The first-order chi connectivity index (χ1) is 11.3. The number of hydrogen-bond acceptors (Lipinski definition) is 6. The highest BCUT2D eigenvalue weighted by Gasteiger charge is 2.30. The van der Waals surface area contributed by atoms with Gasteiger partial charge in [-0.25, -0.2) is 0 Å². The van der Waals surface area contributed by atoms with Gasteiger partial charge in [0.05, 0.1) is 13.2 Å². The van der Waals surface area contributed by atoms with Crippen LogP contribution in [0.25, 0.3) is 0 Å². The molecular formula is C15H26N6O2. The van der Waals surface area contributed by atoms with E-state index in [0.29, 0.717) is 24.2 Å². The molecule has 0 aromatic carbocycles. The predicted octanol–water partition coefficient (Wildman–Crippen LogP) is -0.0976. The minimum Gasteiger partial charge on any atom is -0.379 e. The summed E-state index contributed by atoms with van der Waals surface area (Å²) >= 11 is 0. The van der Waals surface area contributed by atoms with Gasteiger partial charge in [-0.15, -0.1) is 0 Å². The van der Waals surface area contributed by atoms with Crippen molar-refractivity contribution in [1.29, 1.82) is 0 Å². The van der Waals surface area contributed by atoms with Crippen LogP contribution in [0.1, 0.15) is 18.1 Å². The van der Waals surface area contributed by atoms with Crippen LogP contribution in [-0.2, 0) is 11.2 Å². The van der Waals surface area contributed by atoms with Gasteiger partial charge in [-0.05, 0) is 13.3 Å². The Hall–Kier alpha value is -1.67. The zero-order chi connectivity index (χ0) is 16.1. The number of ether oxygens (including phenoxy) is 1. The first-order valence-electron chi connectivity index (χ1n) is 8.33. The minimum atomic E-state index is 0.607. The summed E-state index contributed by atoms with van der Waals surface area (Å²) in [6.45, 7) is 8.44. The van der Waals surface area contributed by atoms with Gasteiger partial charge in [0.25, 0.3) is 0 Å². The van der Waals surface area contributed by atoms with E-state index < -0.39 is 0 Å². The first-order valence-corrected chi connectivity index (χ1v) is 8.33. The molecule has 3 heterocycles. The number of hydrogen-bond donors (Lipinski definition) is 1. The van der Waals surface area contributed by atoms with Crippen LogP contribution in [0.15, 0.2) is 9.52 Å². The summed E-state index contributed by atoms with van der Waals surface area (Å²) in [4.78, 5) is 13.5. The molecule has 2 aliphatic rings.